The van der Waals surface area contributed by atoms with Gasteiger partial charge in [-0.25, -0.2) is 0 Å². The van der Waals surface area contributed by atoms with E-state index < -0.39 is 0 Å². The summed E-state index contributed by atoms with van der Waals surface area (Å²) in [7, 11) is 0. The topological polar surface area (TPSA) is 29.5 Å². The van der Waals surface area contributed by atoms with Crippen molar-refractivity contribution in [1.82, 2.24) is 4.90 Å². The number of ether oxygens (including phenoxy) is 1. The van der Waals surface area contributed by atoms with Gasteiger partial charge in [0.15, 0.2) is 0 Å². The first-order chi connectivity index (χ1) is 6.72. The van der Waals surface area contributed by atoms with E-state index in [1.807, 2.05) is 11.8 Å². The molecule has 0 aromatic heterocycles. The van der Waals surface area contributed by atoms with E-state index in [0.29, 0.717) is 18.3 Å². The second-order valence-electron chi connectivity index (χ2n) is 4.18. The molecule has 14 heavy (non-hydrogen) atoms. The summed E-state index contributed by atoms with van der Waals surface area (Å²) in [5.74, 6) is 1.21. The number of rotatable bonds is 2. The SMILES string of the molecule is CC[C@H](Cl)C(=O)N1C[C@@H]2COC[C@H]2C1. The summed E-state index contributed by atoms with van der Waals surface area (Å²) in [6.07, 6.45) is 0.711. The van der Waals surface area contributed by atoms with Crippen molar-refractivity contribution >= 4 is 17.5 Å². The third-order valence-corrected chi connectivity index (χ3v) is 3.67. The fourth-order valence-corrected chi connectivity index (χ4v) is 2.38. The maximum Gasteiger partial charge on any atom is 0.240 e. The van der Waals surface area contributed by atoms with Gasteiger partial charge in [0.1, 0.15) is 5.38 Å². The fraction of sp³-hybridized carbons (Fsp3) is 0.900. The van der Waals surface area contributed by atoms with Crippen molar-refractivity contribution in [2.24, 2.45) is 11.8 Å². The van der Waals surface area contributed by atoms with Crippen LogP contribution < -0.4 is 0 Å². The van der Waals surface area contributed by atoms with Crippen molar-refractivity contribution < 1.29 is 9.53 Å². The Bertz CT molecular complexity index is 222. The molecule has 1 amide bonds. The average molecular weight is 218 g/mol. The van der Waals surface area contributed by atoms with Crippen LogP contribution >= 0.6 is 11.6 Å². The van der Waals surface area contributed by atoms with Gasteiger partial charge in [-0.2, -0.15) is 0 Å². The highest BCUT2D eigenvalue weighted by Gasteiger charge is 2.39. The van der Waals surface area contributed by atoms with Crippen molar-refractivity contribution in [3.05, 3.63) is 0 Å². The van der Waals surface area contributed by atoms with Crippen LogP contribution in [0.4, 0.5) is 0 Å². The van der Waals surface area contributed by atoms with Gasteiger partial charge in [0.2, 0.25) is 5.91 Å². The molecule has 0 N–H and O–H groups in total. The number of carbonyl (C=O) groups excluding carboxylic acids is 1. The first kappa shape index (κ1) is 10.2. The summed E-state index contributed by atoms with van der Waals surface area (Å²) in [5.41, 5.74) is 0. The van der Waals surface area contributed by atoms with E-state index in [4.69, 9.17) is 16.3 Å². The highest BCUT2D eigenvalue weighted by molar-refractivity contribution is 6.30. The fourth-order valence-electron chi connectivity index (χ4n) is 2.24. The van der Waals surface area contributed by atoms with Crippen LogP contribution in [0.25, 0.3) is 0 Å². The number of fused-ring (bicyclic) bond motifs is 1. The minimum atomic E-state index is -0.338. The van der Waals surface area contributed by atoms with Gasteiger partial charge < -0.3 is 9.64 Å². The van der Waals surface area contributed by atoms with Gasteiger partial charge in [-0.1, -0.05) is 6.92 Å². The van der Waals surface area contributed by atoms with Crippen LogP contribution in [0.5, 0.6) is 0 Å². The van der Waals surface area contributed by atoms with Gasteiger partial charge in [-0.05, 0) is 6.42 Å². The summed E-state index contributed by atoms with van der Waals surface area (Å²) >= 11 is 5.93. The smallest absolute Gasteiger partial charge is 0.240 e. The van der Waals surface area contributed by atoms with Crippen LogP contribution in [-0.2, 0) is 9.53 Å². The molecule has 2 saturated heterocycles. The van der Waals surface area contributed by atoms with Crippen molar-refractivity contribution in [2.75, 3.05) is 26.3 Å². The van der Waals surface area contributed by atoms with E-state index in [9.17, 15) is 4.79 Å². The Balaban J connectivity index is 1.92. The van der Waals surface area contributed by atoms with E-state index in [2.05, 4.69) is 0 Å². The summed E-state index contributed by atoms with van der Waals surface area (Å²) < 4.78 is 5.36. The van der Waals surface area contributed by atoms with Gasteiger partial charge in [0, 0.05) is 24.9 Å². The molecule has 0 saturated carbocycles. The number of nitrogens with zero attached hydrogens (tertiary/aromatic N) is 1. The van der Waals surface area contributed by atoms with E-state index in [1.165, 1.54) is 0 Å². The van der Waals surface area contributed by atoms with Crippen LogP contribution in [0.15, 0.2) is 0 Å². The van der Waals surface area contributed by atoms with Crippen molar-refractivity contribution in [1.29, 1.82) is 0 Å². The van der Waals surface area contributed by atoms with Crippen LogP contribution in [0.1, 0.15) is 13.3 Å². The molecular formula is C10H16ClNO2. The van der Waals surface area contributed by atoms with Crippen LogP contribution in [0, 0.1) is 11.8 Å². The highest BCUT2D eigenvalue weighted by atomic mass is 35.5. The minimum absolute atomic E-state index is 0.101. The predicted molar refractivity (Wildman–Crippen MR) is 54.3 cm³/mol. The largest absolute Gasteiger partial charge is 0.381 e. The molecule has 0 unspecified atom stereocenters. The minimum Gasteiger partial charge on any atom is -0.381 e. The molecule has 2 fully saturated rings. The number of likely N-dealkylation sites (tertiary alicyclic amines) is 1. The second kappa shape index (κ2) is 4.07. The lowest BCUT2D eigenvalue weighted by molar-refractivity contribution is -0.130. The molecule has 3 nitrogen and oxygen atoms in total. The monoisotopic (exact) mass is 217 g/mol. The lowest BCUT2D eigenvalue weighted by atomic mass is 10.0. The summed E-state index contributed by atoms with van der Waals surface area (Å²) in [6, 6.07) is 0. The van der Waals surface area contributed by atoms with Gasteiger partial charge in [0.05, 0.1) is 13.2 Å². The van der Waals surface area contributed by atoms with E-state index in [0.717, 1.165) is 26.3 Å². The zero-order chi connectivity index (χ0) is 10.1. The first-order valence-electron chi connectivity index (χ1n) is 5.23. The van der Waals surface area contributed by atoms with E-state index in [1.54, 1.807) is 0 Å². The number of halogens is 1. The number of alkyl halides is 1. The molecule has 0 aromatic rings. The van der Waals surface area contributed by atoms with Gasteiger partial charge >= 0.3 is 0 Å². The molecule has 0 bridgehead atoms. The molecule has 3 atom stereocenters. The summed E-state index contributed by atoms with van der Waals surface area (Å²) in [5, 5.41) is -0.338. The zero-order valence-electron chi connectivity index (χ0n) is 8.41. The zero-order valence-corrected chi connectivity index (χ0v) is 9.17. The number of carbonyl (C=O) groups is 1. The molecular weight excluding hydrogens is 202 g/mol. The normalized spacial score (nSPS) is 33.1. The molecule has 2 rings (SSSR count). The Morgan fingerprint density at radius 1 is 1.50 bits per heavy atom. The van der Waals surface area contributed by atoms with Crippen molar-refractivity contribution in [3.8, 4) is 0 Å². The molecule has 0 aromatic carbocycles. The van der Waals surface area contributed by atoms with Gasteiger partial charge in [0.25, 0.3) is 0 Å². The molecule has 2 heterocycles. The van der Waals surface area contributed by atoms with Crippen LogP contribution in [-0.4, -0.2) is 42.5 Å². The molecule has 2 aliphatic rings. The molecule has 0 radical (unpaired) electrons. The van der Waals surface area contributed by atoms with E-state index in [-0.39, 0.29) is 11.3 Å². The molecule has 0 aliphatic carbocycles. The van der Waals surface area contributed by atoms with E-state index >= 15 is 0 Å². The Morgan fingerprint density at radius 2 is 2.07 bits per heavy atom. The van der Waals surface area contributed by atoms with Gasteiger partial charge in [-0.3, -0.25) is 4.79 Å². The number of hydrogen-bond donors (Lipinski definition) is 0. The molecule has 80 valence electrons. The Hall–Kier alpha value is -0.280. The quantitative estimate of drug-likeness (QED) is 0.649. The third kappa shape index (κ3) is 1.75. The first-order valence-corrected chi connectivity index (χ1v) is 5.66. The maximum atomic E-state index is 11.8. The summed E-state index contributed by atoms with van der Waals surface area (Å²) in [4.78, 5) is 13.7. The maximum absolute atomic E-state index is 11.8. The van der Waals surface area contributed by atoms with Crippen LogP contribution in [0.3, 0.4) is 0 Å². The highest BCUT2D eigenvalue weighted by Crippen LogP contribution is 2.29. The predicted octanol–water partition coefficient (Wildman–Crippen LogP) is 1.11. The van der Waals surface area contributed by atoms with Crippen molar-refractivity contribution in [3.63, 3.8) is 0 Å². The number of amides is 1. The Labute approximate surface area is 89.4 Å². The Morgan fingerprint density at radius 3 is 2.57 bits per heavy atom. The molecule has 2 aliphatic heterocycles. The lowest BCUT2D eigenvalue weighted by Gasteiger charge is -2.19. The summed E-state index contributed by atoms with van der Waals surface area (Å²) in [6.45, 7) is 5.25. The Kier molecular flexibility index (Phi) is 2.98. The molecule has 4 heteroatoms. The van der Waals surface area contributed by atoms with Gasteiger partial charge in [-0.15, -0.1) is 11.6 Å². The third-order valence-electron chi connectivity index (χ3n) is 3.18. The average Bonchev–Trinajstić information content (AvgIpc) is 2.74. The second-order valence-corrected chi connectivity index (χ2v) is 4.70. The lowest BCUT2D eigenvalue weighted by Crippen LogP contribution is -2.35. The molecule has 0 spiro atoms. The standard InChI is InChI=1S/C10H16ClNO2/c1-2-9(11)10(13)12-3-7-5-14-6-8(7)4-12/h7-9H,2-6H2,1H3/t7-,8-,9+/m1/s1. The van der Waals surface area contributed by atoms with Crippen LogP contribution in [0.2, 0.25) is 0 Å². The number of hydrogen-bond acceptors (Lipinski definition) is 2. The van der Waals surface area contributed by atoms with Crippen molar-refractivity contribution in [2.45, 2.75) is 18.7 Å².